The normalized spacial score (nSPS) is 10.4. The quantitative estimate of drug-likeness (QED) is 0.752. The third-order valence-corrected chi connectivity index (χ3v) is 3.01. The van der Waals surface area contributed by atoms with Crippen LogP contribution in [0.15, 0.2) is 42.5 Å². The highest BCUT2D eigenvalue weighted by Crippen LogP contribution is 2.33. The second kappa shape index (κ2) is 6.01. The van der Waals surface area contributed by atoms with Gasteiger partial charge < -0.3 is 4.74 Å². The molecule has 0 N–H and O–H groups in total. The molecule has 0 atom stereocenters. The molecule has 3 heteroatoms. The average Bonchev–Trinajstić information content (AvgIpc) is 2.38. The first-order chi connectivity index (χ1) is 8.72. The van der Waals surface area contributed by atoms with Gasteiger partial charge in [0.2, 0.25) is 0 Å². The second-order valence-corrected chi connectivity index (χ2v) is 4.79. The lowest BCUT2D eigenvalue weighted by molar-refractivity contribution is 0.344. The number of hydrogen-bond donors (Lipinski definition) is 0. The average molecular weight is 309 g/mol. The molecular weight excluding hydrogens is 295 g/mol. The molecule has 0 spiro atoms. The van der Waals surface area contributed by atoms with Crippen molar-refractivity contribution in [2.45, 2.75) is 6.92 Å². The van der Waals surface area contributed by atoms with Gasteiger partial charge in [0, 0.05) is 10.9 Å². The van der Waals surface area contributed by atoms with E-state index in [9.17, 15) is 4.39 Å². The molecule has 2 rings (SSSR count). The van der Waals surface area contributed by atoms with E-state index < -0.39 is 0 Å². The minimum atomic E-state index is -0.227. The van der Waals surface area contributed by atoms with Crippen LogP contribution in [0.25, 0.3) is 11.1 Å². The summed E-state index contributed by atoms with van der Waals surface area (Å²) in [5.74, 6) is 0.637. The smallest absolute Gasteiger partial charge is 0.130 e. The van der Waals surface area contributed by atoms with Crippen LogP contribution in [-0.4, -0.2) is 11.9 Å². The van der Waals surface area contributed by atoms with Crippen molar-refractivity contribution in [1.82, 2.24) is 0 Å². The summed E-state index contributed by atoms with van der Waals surface area (Å²) in [4.78, 5) is 0. The van der Waals surface area contributed by atoms with Crippen molar-refractivity contribution in [2.24, 2.45) is 0 Å². The van der Waals surface area contributed by atoms with Crippen molar-refractivity contribution in [2.75, 3.05) is 11.9 Å². The van der Waals surface area contributed by atoms with E-state index in [0.717, 1.165) is 27.8 Å². The lowest BCUT2D eigenvalue weighted by Crippen LogP contribution is -2.01. The molecule has 0 amide bonds. The minimum Gasteiger partial charge on any atom is -0.492 e. The molecule has 0 saturated heterocycles. The van der Waals surface area contributed by atoms with Crippen molar-refractivity contribution in [3.05, 3.63) is 53.8 Å². The molecule has 0 fully saturated rings. The highest BCUT2D eigenvalue weighted by Gasteiger charge is 2.09. The molecule has 2 aromatic rings. The summed E-state index contributed by atoms with van der Waals surface area (Å²) in [7, 11) is 0. The van der Waals surface area contributed by atoms with Gasteiger partial charge in [-0.2, -0.15) is 0 Å². The van der Waals surface area contributed by atoms with Crippen LogP contribution in [0, 0.1) is 12.7 Å². The molecule has 0 radical (unpaired) electrons. The van der Waals surface area contributed by atoms with Gasteiger partial charge in [-0.15, -0.1) is 0 Å². The van der Waals surface area contributed by atoms with E-state index in [1.165, 1.54) is 12.1 Å². The zero-order chi connectivity index (χ0) is 13.0. The molecule has 0 unspecified atom stereocenters. The molecule has 0 aliphatic rings. The van der Waals surface area contributed by atoms with Gasteiger partial charge in [-0.05, 0) is 30.2 Å². The zero-order valence-corrected chi connectivity index (χ0v) is 11.7. The number of hydrogen-bond acceptors (Lipinski definition) is 1. The van der Waals surface area contributed by atoms with E-state index in [1.807, 2.05) is 25.1 Å². The van der Waals surface area contributed by atoms with Gasteiger partial charge in [-0.25, -0.2) is 4.39 Å². The van der Waals surface area contributed by atoms with Crippen LogP contribution in [0.2, 0.25) is 0 Å². The number of benzene rings is 2. The summed E-state index contributed by atoms with van der Waals surface area (Å²) in [6, 6.07) is 12.4. The first kappa shape index (κ1) is 13.1. The van der Waals surface area contributed by atoms with Crippen LogP contribution in [0.5, 0.6) is 5.75 Å². The van der Waals surface area contributed by atoms with E-state index >= 15 is 0 Å². The maximum absolute atomic E-state index is 12.9. The fourth-order valence-corrected chi connectivity index (χ4v) is 2.00. The molecular formula is C15H14BrFO. The molecule has 2 aromatic carbocycles. The Morgan fingerprint density at radius 3 is 2.50 bits per heavy atom. The van der Waals surface area contributed by atoms with Crippen molar-refractivity contribution in [1.29, 1.82) is 0 Å². The van der Waals surface area contributed by atoms with Crippen LogP contribution < -0.4 is 4.74 Å². The van der Waals surface area contributed by atoms with Crippen molar-refractivity contribution in [3.63, 3.8) is 0 Å². The first-order valence-corrected chi connectivity index (χ1v) is 6.89. The maximum atomic E-state index is 12.9. The minimum absolute atomic E-state index is 0.227. The molecule has 18 heavy (non-hydrogen) atoms. The first-order valence-electron chi connectivity index (χ1n) is 5.76. The maximum Gasteiger partial charge on any atom is 0.130 e. The van der Waals surface area contributed by atoms with Crippen molar-refractivity contribution in [3.8, 4) is 16.9 Å². The van der Waals surface area contributed by atoms with Gasteiger partial charge in [0.25, 0.3) is 0 Å². The predicted octanol–water partition coefficient (Wildman–Crippen LogP) is 4.57. The summed E-state index contributed by atoms with van der Waals surface area (Å²) in [6.45, 7) is 2.62. The van der Waals surface area contributed by atoms with Crippen LogP contribution in [0.3, 0.4) is 0 Å². The number of alkyl halides is 1. The fraction of sp³-hybridized carbons (Fsp3) is 0.200. The highest BCUT2D eigenvalue weighted by atomic mass is 79.9. The third-order valence-electron chi connectivity index (χ3n) is 2.69. The molecule has 0 heterocycles. The van der Waals surface area contributed by atoms with Gasteiger partial charge >= 0.3 is 0 Å². The number of ether oxygens (including phenoxy) is 1. The Hall–Kier alpha value is -1.35. The Kier molecular flexibility index (Phi) is 4.37. The summed E-state index contributed by atoms with van der Waals surface area (Å²) in [6.07, 6.45) is 0. The number of rotatable bonds is 4. The number of aryl methyl sites for hydroxylation is 1. The predicted molar refractivity (Wildman–Crippen MR) is 75.9 cm³/mol. The lowest BCUT2D eigenvalue weighted by atomic mass is 10.0. The Bertz CT molecular complexity index is 523. The molecule has 1 nitrogen and oxygen atoms in total. The van der Waals surface area contributed by atoms with Gasteiger partial charge in [0.05, 0.1) is 6.61 Å². The topological polar surface area (TPSA) is 9.23 Å². The van der Waals surface area contributed by atoms with E-state index in [4.69, 9.17) is 4.74 Å². The summed E-state index contributed by atoms with van der Waals surface area (Å²) < 4.78 is 18.7. The molecule has 0 bridgehead atoms. The van der Waals surface area contributed by atoms with Crippen LogP contribution >= 0.6 is 15.9 Å². The second-order valence-electron chi connectivity index (χ2n) is 4.00. The van der Waals surface area contributed by atoms with E-state index in [0.29, 0.717) is 6.61 Å². The van der Waals surface area contributed by atoms with Crippen LogP contribution in [-0.2, 0) is 0 Å². The zero-order valence-electron chi connectivity index (χ0n) is 10.1. The fourth-order valence-electron chi connectivity index (χ4n) is 1.84. The summed E-state index contributed by atoms with van der Waals surface area (Å²) >= 11 is 3.35. The highest BCUT2D eigenvalue weighted by molar-refractivity contribution is 9.09. The molecule has 0 aromatic heterocycles. The summed E-state index contributed by atoms with van der Waals surface area (Å²) in [5, 5.41) is 0.782. The standard InChI is InChI=1S/C15H14BrFO/c1-11-3-2-4-14(15(11)18-10-9-16)12-5-7-13(17)8-6-12/h2-8H,9-10H2,1H3. The van der Waals surface area contributed by atoms with Crippen LogP contribution in [0.4, 0.5) is 4.39 Å². The van der Waals surface area contributed by atoms with E-state index in [1.54, 1.807) is 12.1 Å². The summed E-state index contributed by atoms with van der Waals surface area (Å²) in [5.41, 5.74) is 3.04. The van der Waals surface area contributed by atoms with Gasteiger partial charge in [0.15, 0.2) is 0 Å². The van der Waals surface area contributed by atoms with Crippen molar-refractivity contribution < 1.29 is 9.13 Å². The van der Waals surface area contributed by atoms with E-state index in [-0.39, 0.29) is 5.82 Å². The monoisotopic (exact) mass is 308 g/mol. The van der Waals surface area contributed by atoms with Gasteiger partial charge in [0.1, 0.15) is 11.6 Å². The number of para-hydroxylation sites is 1. The Morgan fingerprint density at radius 1 is 1.11 bits per heavy atom. The van der Waals surface area contributed by atoms with Crippen LogP contribution in [0.1, 0.15) is 5.56 Å². The molecule has 94 valence electrons. The van der Waals surface area contributed by atoms with Crippen molar-refractivity contribution >= 4 is 15.9 Å². The lowest BCUT2D eigenvalue weighted by Gasteiger charge is -2.13. The Balaban J connectivity index is 2.43. The van der Waals surface area contributed by atoms with Gasteiger partial charge in [-0.1, -0.05) is 46.3 Å². The SMILES string of the molecule is Cc1cccc(-c2ccc(F)cc2)c1OCCBr. The van der Waals surface area contributed by atoms with E-state index in [2.05, 4.69) is 15.9 Å². The molecule has 0 aliphatic carbocycles. The molecule has 0 aliphatic heterocycles. The molecule has 0 saturated carbocycles. The number of halogens is 2. The van der Waals surface area contributed by atoms with Gasteiger partial charge in [-0.3, -0.25) is 0 Å². The largest absolute Gasteiger partial charge is 0.492 e. The third kappa shape index (κ3) is 2.91. The Labute approximate surface area is 115 Å². The Morgan fingerprint density at radius 2 is 1.83 bits per heavy atom.